The molecule has 0 saturated heterocycles. The Morgan fingerprint density at radius 1 is 1.33 bits per heavy atom. The van der Waals surface area contributed by atoms with Gasteiger partial charge in [-0.2, -0.15) is 0 Å². The number of oxazole rings is 1. The standard InChI is InChI=1S/C14H16ClN3O2.ClH/c15-11-4-2-10(3-5-11)14-18-12(9-20-14)8-13(19)17-7-1-6-16;/h2-5,9H,1,6-8,16H2,(H,17,19);1H. The van der Waals surface area contributed by atoms with Crippen molar-refractivity contribution in [3.8, 4) is 11.5 Å². The molecule has 0 atom stereocenters. The molecular formula is C14H17Cl2N3O2. The molecule has 1 aromatic carbocycles. The van der Waals surface area contributed by atoms with E-state index in [0.717, 1.165) is 12.0 Å². The van der Waals surface area contributed by atoms with E-state index in [1.165, 1.54) is 6.26 Å². The summed E-state index contributed by atoms with van der Waals surface area (Å²) in [5.74, 6) is 0.390. The largest absolute Gasteiger partial charge is 0.444 e. The van der Waals surface area contributed by atoms with Crippen LogP contribution in [0.5, 0.6) is 0 Å². The number of nitrogens with one attached hydrogen (secondary N) is 1. The monoisotopic (exact) mass is 329 g/mol. The summed E-state index contributed by atoms with van der Waals surface area (Å²) < 4.78 is 5.36. The number of nitrogens with two attached hydrogens (primary N) is 1. The van der Waals surface area contributed by atoms with E-state index >= 15 is 0 Å². The van der Waals surface area contributed by atoms with E-state index in [1.54, 1.807) is 12.1 Å². The Hall–Kier alpha value is -1.56. The second kappa shape index (κ2) is 8.67. The molecule has 5 nitrogen and oxygen atoms in total. The third-order valence-corrected chi connectivity index (χ3v) is 2.94. The van der Waals surface area contributed by atoms with Crippen LogP contribution in [0.1, 0.15) is 12.1 Å². The van der Waals surface area contributed by atoms with Gasteiger partial charge in [0.1, 0.15) is 6.26 Å². The lowest BCUT2D eigenvalue weighted by Gasteiger charge is -2.01. The molecule has 1 aromatic heterocycles. The summed E-state index contributed by atoms with van der Waals surface area (Å²) in [6.07, 6.45) is 2.45. The van der Waals surface area contributed by atoms with Crippen LogP contribution >= 0.6 is 24.0 Å². The van der Waals surface area contributed by atoms with E-state index in [9.17, 15) is 4.79 Å². The van der Waals surface area contributed by atoms with E-state index in [-0.39, 0.29) is 24.7 Å². The molecular weight excluding hydrogens is 313 g/mol. The normalized spacial score (nSPS) is 10.0. The Morgan fingerprint density at radius 2 is 2.05 bits per heavy atom. The average Bonchev–Trinajstić information content (AvgIpc) is 2.88. The first-order valence-corrected chi connectivity index (χ1v) is 6.74. The summed E-state index contributed by atoms with van der Waals surface area (Å²) in [6, 6.07) is 7.17. The Morgan fingerprint density at radius 3 is 2.71 bits per heavy atom. The van der Waals surface area contributed by atoms with E-state index in [0.29, 0.717) is 29.7 Å². The smallest absolute Gasteiger partial charge is 0.226 e. The zero-order valence-electron chi connectivity index (χ0n) is 11.3. The topological polar surface area (TPSA) is 81.1 Å². The van der Waals surface area contributed by atoms with Crippen molar-refractivity contribution >= 4 is 29.9 Å². The van der Waals surface area contributed by atoms with Gasteiger partial charge < -0.3 is 15.5 Å². The highest BCUT2D eigenvalue weighted by molar-refractivity contribution is 6.30. The van der Waals surface area contributed by atoms with Crippen molar-refractivity contribution in [1.82, 2.24) is 10.3 Å². The van der Waals surface area contributed by atoms with Gasteiger partial charge in [-0.05, 0) is 37.2 Å². The van der Waals surface area contributed by atoms with Crippen LogP contribution in [0.25, 0.3) is 11.5 Å². The summed E-state index contributed by atoms with van der Waals surface area (Å²) in [4.78, 5) is 15.9. The Labute approximate surface area is 134 Å². The molecule has 21 heavy (non-hydrogen) atoms. The summed E-state index contributed by atoms with van der Waals surface area (Å²) in [5, 5.41) is 3.42. The van der Waals surface area contributed by atoms with Gasteiger partial charge in [0.05, 0.1) is 12.1 Å². The van der Waals surface area contributed by atoms with Crippen LogP contribution in [0.3, 0.4) is 0 Å². The number of aromatic nitrogens is 1. The van der Waals surface area contributed by atoms with Gasteiger partial charge in [-0.1, -0.05) is 11.6 Å². The van der Waals surface area contributed by atoms with Crippen molar-refractivity contribution < 1.29 is 9.21 Å². The molecule has 0 aliphatic carbocycles. The van der Waals surface area contributed by atoms with Crippen molar-refractivity contribution in [2.45, 2.75) is 12.8 Å². The first-order valence-electron chi connectivity index (χ1n) is 6.36. The number of amides is 1. The molecule has 0 spiro atoms. The third-order valence-electron chi connectivity index (χ3n) is 2.69. The lowest BCUT2D eigenvalue weighted by molar-refractivity contribution is -0.120. The molecule has 0 unspecified atom stereocenters. The summed E-state index contributed by atoms with van der Waals surface area (Å²) in [7, 11) is 0. The molecule has 0 bridgehead atoms. The van der Waals surface area contributed by atoms with Gasteiger partial charge in [0.2, 0.25) is 11.8 Å². The Balaban J connectivity index is 0.00000220. The molecule has 0 aliphatic rings. The third kappa shape index (κ3) is 5.38. The molecule has 0 aliphatic heterocycles. The molecule has 3 N–H and O–H groups in total. The second-order valence-corrected chi connectivity index (χ2v) is 4.76. The highest BCUT2D eigenvalue weighted by Crippen LogP contribution is 2.20. The number of carbonyl (C=O) groups is 1. The van der Waals surface area contributed by atoms with Crippen molar-refractivity contribution in [3.63, 3.8) is 0 Å². The maximum Gasteiger partial charge on any atom is 0.226 e. The van der Waals surface area contributed by atoms with Crippen LogP contribution in [0.2, 0.25) is 5.02 Å². The zero-order valence-corrected chi connectivity index (χ0v) is 12.9. The zero-order chi connectivity index (χ0) is 14.4. The molecule has 0 radical (unpaired) electrons. The van der Waals surface area contributed by atoms with E-state index < -0.39 is 0 Å². The van der Waals surface area contributed by atoms with Crippen LogP contribution < -0.4 is 11.1 Å². The van der Waals surface area contributed by atoms with Crippen LogP contribution in [-0.2, 0) is 11.2 Å². The van der Waals surface area contributed by atoms with Gasteiger partial charge >= 0.3 is 0 Å². The number of carbonyl (C=O) groups excluding carboxylic acids is 1. The fourth-order valence-electron chi connectivity index (χ4n) is 1.67. The number of halogens is 2. The van der Waals surface area contributed by atoms with Gasteiger partial charge in [0, 0.05) is 17.1 Å². The maximum atomic E-state index is 11.6. The Bertz CT molecular complexity index is 570. The molecule has 0 saturated carbocycles. The minimum Gasteiger partial charge on any atom is -0.444 e. The Kier molecular flexibility index (Phi) is 7.22. The fraction of sp³-hybridized carbons (Fsp3) is 0.286. The van der Waals surface area contributed by atoms with Crippen LogP contribution in [0.15, 0.2) is 34.9 Å². The molecule has 114 valence electrons. The molecule has 0 fully saturated rings. The number of nitrogens with zero attached hydrogens (tertiary/aromatic N) is 1. The van der Waals surface area contributed by atoms with Crippen LogP contribution in [0.4, 0.5) is 0 Å². The lowest BCUT2D eigenvalue weighted by Crippen LogP contribution is -2.27. The minimum absolute atomic E-state index is 0. The van der Waals surface area contributed by atoms with Gasteiger partial charge in [0.15, 0.2) is 0 Å². The highest BCUT2D eigenvalue weighted by Gasteiger charge is 2.10. The fourth-order valence-corrected chi connectivity index (χ4v) is 1.80. The van der Waals surface area contributed by atoms with Crippen molar-refractivity contribution in [2.75, 3.05) is 13.1 Å². The molecule has 2 rings (SSSR count). The van der Waals surface area contributed by atoms with Gasteiger partial charge in [-0.25, -0.2) is 4.98 Å². The molecule has 7 heteroatoms. The van der Waals surface area contributed by atoms with Gasteiger partial charge in [-0.15, -0.1) is 12.4 Å². The number of hydrogen-bond donors (Lipinski definition) is 2. The predicted octanol–water partition coefficient (Wildman–Crippen LogP) is 2.42. The summed E-state index contributed by atoms with van der Waals surface area (Å²) >= 11 is 5.82. The number of rotatable bonds is 6. The van der Waals surface area contributed by atoms with Crippen LogP contribution in [0, 0.1) is 0 Å². The first kappa shape index (κ1) is 17.5. The lowest BCUT2D eigenvalue weighted by atomic mass is 10.2. The predicted molar refractivity (Wildman–Crippen MR) is 84.6 cm³/mol. The average molecular weight is 330 g/mol. The summed E-state index contributed by atoms with van der Waals surface area (Å²) in [5.41, 5.74) is 6.78. The SMILES string of the molecule is Cl.NCCCNC(=O)Cc1coc(-c2ccc(Cl)cc2)n1. The van der Waals surface area contributed by atoms with E-state index in [1.807, 2.05) is 12.1 Å². The minimum atomic E-state index is -0.0885. The summed E-state index contributed by atoms with van der Waals surface area (Å²) in [6.45, 7) is 1.14. The van der Waals surface area contributed by atoms with Gasteiger partial charge in [0.25, 0.3) is 0 Å². The highest BCUT2D eigenvalue weighted by atomic mass is 35.5. The van der Waals surface area contributed by atoms with Crippen molar-refractivity contribution in [3.05, 3.63) is 41.2 Å². The quantitative estimate of drug-likeness (QED) is 0.797. The van der Waals surface area contributed by atoms with Crippen LogP contribution in [-0.4, -0.2) is 24.0 Å². The number of benzene rings is 1. The molecule has 1 heterocycles. The number of hydrogen-bond acceptors (Lipinski definition) is 4. The first-order chi connectivity index (χ1) is 9.69. The van der Waals surface area contributed by atoms with Crippen molar-refractivity contribution in [2.24, 2.45) is 5.73 Å². The molecule has 2 aromatic rings. The second-order valence-electron chi connectivity index (χ2n) is 4.32. The maximum absolute atomic E-state index is 11.6. The van der Waals surface area contributed by atoms with Gasteiger partial charge in [-0.3, -0.25) is 4.79 Å². The molecule has 1 amide bonds. The van der Waals surface area contributed by atoms with E-state index in [2.05, 4.69) is 10.3 Å². The van der Waals surface area contributed by atoms with E-state index in [4.69, 9.17) is 21.8 Å². The van der Waals surface area contributed by atoms with Crippen molar-refractivity contribution in [1.29, 1.82) is 0 Å².